The van der Waals surface area contributed by atoms with Crippen molar-refractivity contribution in [1.82, 2.24) is 0 Å². The van der Waals surface area contributed by atoms with E-state index in [2.05, 4.69) is 29.6 Å². The molecule has 0 bridgehead atoms. The minimum absolute atomic E-state index is 0.134. The monoisotopic (exact) mass is 367 g/mol. The van der Waals surface area contributed by atoms with E-state index < -0.39 is 0 Å². The molecule has 2 N–H and O–H groups in total. The topological polar surface area (TPSA) is 60.0 Å². The number of nitrogens with one attached hydrogen (secondary N) is 1. The predicted molar refractivity (Wildman–Crippen MR) is 105 cm³/mol. The van der Waals surface area contributed by atoms with E-state index in [1.165, 1.54) is 5.56 Å². The normalized spacial score (nSPS) is 22.7. The molecule has 1 heterocycles. The Morgan fingerprint density at radius 3 is 2.78 bits per heavy atom. The van der Waals surface area contributed by atoms with Crippen LogP contribution in [0.5, 0.6) is 17.2 Å². The fourth-order valence-corrected chi connectivity index (χ4v) is 4.14. The van der Waals surface area contributed by atoms with Crippen molar-refractivity contribution in [3.05, 3.63) is 59.7 Å². The summed E-state index contributed by atoms with van der Waals surface area (Å²) in [5.74, 6) is 2.27. The van der Waals surface area contributed by atoms with Crippen LogP contribution in [0.25, 0.3) is 0 Å². The molecule has 1 aliphatic carbocycles. The molecule has 27 heavy (non-hydrogen) atoms. The summed E-state index contributed by atoms with van der Waals surface area (Å²) in [4.78, 5) is 0. The molecule has 2 aromatic carbocycles. The van der Waals surface area contributed by atoms with Crippen molar-refractivity contribution in [3.63, 3.8) is 0 Å². The van der Waals surface area contributed by atoms with E-state index in [0.29, 0.717) is 30.8 Å². The molecule has 5 heteroatoms. The van der Waals surface area contributed by atoms with Crippen molar-refractivity contribution in [2.75, 3.05) is 32.8 Å². The summed E-state index contributed by atoms with van der Waals surface area (Å²) >= 11 is 0. The van der Waals surface area contributed by atoms with Gasteiger partial charge in [0.15, 0.2) is 11.5 Å². The summed E-state index contributed by atoms with van der Waals surface area (Å²) in [5, 5.41) is 13.9. The number of ether oxygens (including phenoxy) is 3. The summed E-state index contributed by atoms with van der Waals surface area (Å²) in [7, 11) is 3.23. The average Bonchev–Trinajstić information content (AvgIpc) is 3.18. The number of hydrogen-bond acceptors (Lipinski definition) is 5. The average molecular weight is 367 g/mol. The van der Waals surface area contributed by atoms with E-state index in [9.17, 15) is 5.11 Å². The molecule has 0 fully saturated rings. The van der Waals surface area contributed by atoms with E-state index in [0.717, 1.165) is 23.4 Å². The van der Waals surface area contributed by atoms with Crippen LogP contribution in [0.15, 0.2) is 48.6 Å². The Kier molecular flexibility index (Phi) is 4.94. The minimum Gasteiger partial charge on any atom is -0.504 e. The van der Waals surface area contributed by atoms with Crippen LogP contribution in [-0.2, 0) is 4.74 Å². The van der Waals surface area contributed by atoms with Crippen LogP contribution >= 0.6 is 0 Å². The highest BCUT2D eigenvalue weighted by Gasteiger charge is 2.38. The van der Waals surface area contributed by atoms with Crippen LogP contribution in [0, 0.1) is 5.92 Å². The molecule has 0 amide bonds. The largest absolute Gasteiger partial charge is 0.504 e. The molecule has 5 nitrogen and oxygen atoms in total. The van der Waals surface area contributed by atoms with Gasteiger partial charge in [0.25, 0.3) is 0 Å². The first-order valence-electron chi connectivity index (χ1n) is 9.27. The van der Waals surface area contributed by atoms with Gasteiger partial charge < -0.3 is 24.6 Å². The van der Waals surface area contributed by atoms with Crippen molar-refractivity contribution >= 4 is 5.69 Å². The Morgan fingerprint density at radius 2 is 2.00 bits per heavy atom. The third-order valence-electron chi connectivity index (χ3n) is 5.45. The predicted octanol–water partition coefficient (Wildman–Crippen LogP) is 4.25. The van der Waals surface area contributed by atoms with Crippen LogP contribution in [0.4, 0.5) is 5.69 Å². The van der Waals surface area contributed by atoms with Gasteiger partial charge in [-0.15, -0.1) is 0 Å². The van der Waals surface area contributed by atoms with E-state index in [4.69, 9.17) is 14.2 Å². The van der Waals surface area contributed by atoms with Gasteiger partial charge in [-0.2, -0.15) is 0 Å². The third-order valence-corrected chi connectivity index (χ3v) is 5.45. The number of benzene rings is 2. The number of fused-ring (bicyclic) bond motifs is 3. The number of methoxy groups -OCH3 is 2. The fourth-order valence-electron chi connectivity index (χ4n) is 4.14. The zero-order valence-electron chi connectivity index (χ0n) is 15.6. The smallest absolute Gasteiger partial charge is 0.160 e. The number of aromatic hydroxyl groups is 1. The highest BCUT2D eigenvalue weighted by atomic mass is 16.5. The SMILES string of the molecule is COCCOc1ccc2c(c1)C1C=CCC1C(c1ccc(OC)c(O)c1)N2. The number of rotatable bonds is 6. The van der Waals surface area contributed by atoms with E-state index in [-0.39, 0.29) is 11.8 Å². The quantitative estimate of drug-likeness (QED) is 0.590. The molecule has 3 unspecified atom stereocenters. The van der Waals surface area contributed by atoms with Crippen LogP contribution in [0.3, 0.4) is 0 Å². The minimum atomic E-state index is 0.134. The van der Waals surface area contributed by atoms with Gasteiger partial charge >= 0.3 is 0 Å². The fraction of sp³-hybridized carbons (Fsp3) is 0.364. The first kappa shape index (κ1) is 17.7. The van der Waals surface area contributed by atoms with Crippen molar-refractivity contribution in [2.24, 2.45) is 5.92 Å². The van der Waals surface area contributed by atoms with Gasteiger partial charge in [0.05, 0.1) is 19.8 Å². The lowest BCUT2D eigenvalue weighted by Crippen LogP contribution is -2.29. The van der Waals surface area contributed by atoms with Gasteiger partial charge in [-0.3, -0.25) is 0 Å². The Labute approximate surface area is 159 Å². The van der Waals surface area contributed by atoms with E-state index in [1.807, 2.05) is 18.2 Å². The summed E-state index contributed by atoms with van der Waals surface area (Å²) in [6, 6.07) is 12.0. The molecule has 0 aromatic heterocycles. The van der Waals surface area contributed by atoms with Gasteiger partial charge in [0.2, 0.25) is 0 Å². The van der Waals surface area contributed by atoms with Crippen LogP contribution in [0.2, 0.25) is 0 Å². The molecule has 0 spiro atoms. The van der Waals surface area contributed by atoms with Gasteiger partial charge in [-0.05, 0) is 53.8 Å². The van der Waals surface area contributed by atoms with Crippen molar-refractivity contribution in [3.8, 4) is 17.2 Å². The lowest BCUT2D eigenvalue weighted by atomic mass is 9.77. The molecule has 1 aliphatic heterocycles. The molecule has 0 saturated carbocycles. The molecule has 0 saturated heterocycles. The number of hydrogen-bond donors (Lipinski definition) is 2. The zero-order chi connectivity index (χ0) is 18.8. The molecule has 0 radical (unpaired) electrons. The lowest BCUT2D eigenvalue weighted by Gasteiger charge is -2.37. The van der Waals surface area contributed by atoms with E-state index >= 15 is 0 Å². The van der Waals surface area contributed by atoms with Gasteiger partial charge in [-0.1, -0.05) is 18.2 Å². The maximum absolute atomic E-state index is 10.2. The van der Waals surface area contributed by atoms with Crippen molar-refractivity contribution < 1.29 is 19.3 Å². The molecular weight excluding hydrogens is 342 g/mol. The summed E-state index contributed by atoms with van der Waals surface area (Å²) < 4.78 is 16.0. The van der Waals surface area contributed by atoms with E-state index in [1.54, 1.807) is 20.3 Å². The van der Waals surface area contributed by atoms with Crippen molar-refractivity contribution in [2.45, 2.75) is 18.4 Å². The van der Waals surface area contributed by atoms with Crippen LogP contribution in [0.1, 0.15) is 29.5 Å². The molecule has 3 atom stereocenters. The molecule has 142 valence electrons. The summed E-state index contributed by atoms with van der Waals surface area (Å²) in [6.45, 7) is 1.12. The Bertz CT molecular complexity index is 848. The second-order valence-electron chi connectivity index (χ2n) is 7.00. The zero-order valence-corrected chi connectivity index (χ0v) is 15.6. The molecule has 2 aromatic rings. The Balaban J connectivity index is 1.63. The van der Waals surface area contributed by atoms with Crippen LogP contribution < -0.4 is 14.8 Å². The van der Waals surface area contributed by atoms with Crippen LogP contribution in [-0.4, -0.2) is 32.5 Å². The number of allylic oxidation sites excluding steroid dienone is 2. The Morgan fingerprint density at radius 1 is 1.11 bits per heavy atom. The highest BCUT2D eigenvalue weighted by molar-refractivity contribution is 5.62. The summed E-state index contributed by atoms with van der Waals surface area (Å²) in [6.07, 6.45) is 5.55. The third kappa shape index (κ3) is 3.35. The molecular formula is C22H25NO4. The first-order valence-corrected chi connectivity index (χ1v) is 9.27. The number of phenolic OH excluding ortho intramolecular Hbond substituents is 1. The second-order valence-corrected chi connectivity index (χ2v) is 7.00. The lowest BCUT2D eigenvalue weighted by molar-refractivity contribution is 0.146. The van der Waals surface area contributed by atoms with Gasteiger partial charge in [-0.25, -0.2) is 0 Å². The summed E-state index contributed by atoms with van der Waals surface area (Å²) in [5.41, 5.74) is 3.44. The maximum Gasteiger partial charge on any atom is 0.160 e. The number of phenols is 1. The first-order chi connectivity index (χ1) is 13.2. The highest BCUT2D eigenvalue weighted by Crippen LogP contribution is 2.51. The molecule has 4 rings (SSSR count). The Hall–Kier alpha value is -2.66. The van der Waals surface area contributed by atoms with Gasteiger partial charge in [0, 0.05) is 18.7 Å². The van der Waals surface area contributed by atoms with Crippen molar-refractivity contribution in [1.29, 1.82) is 0 Å². The second kappa shape index (κ2) is 7.53. The number of anilines is 1. The molecule has 2 aliphatic rings. The maximum atomic E-state index is 10.2. The standard InChI is InChI=1S/C22H25NO4/c1-25-10-11-27-15-7-8-19-18(13-15)16-4-3-5-17(16)22(23-19)14-6-9-21(26-2)20(24)12-14/h3-4,6-9,12-13,16-17,22-24H,5,10-11H2,1-2H3. The van der Waals surface area contributed by atoms with Gasteiger partial charge in [0.1, 0.15) is 12.4 Å².